The second-order valence-electron chi connectivity index (χ2n) is 3.18. The molecule has 0 spiro atoms. The lowest BCUT2D eigenvalue weighted by Gasteiger charge is -1.87. The molecule has 0 bridgehead atoms. The summed E-state index contributed by atoms with van der Waals surface area (Å²) in [6.45, 7) is 2.13. The molecule has 0 unspecified atom stereocenters. The largest absolute Gasteiger partial charge is 0.343 e. The molecule has 0 amide bonds. The van der Waals surface area contributed by atoms with E-state index in [1.54, 1.807) is 18.3 Å². The third kappa shape index (κ3) is 1.49. The van der Waals surface area contributed by atoms with Gasteiger partial charge in [-0.25, -0.2) is 0 Å². The number of aromatic nitrogens is 2. The SMILES string of the molecule is CCCc1cn2ccc(=O)cc2[nH]1. The van der Waals surface area contributed by atoms with Crippen LogP contribution in [0.3, 0.4) is 0 Å². The first-order valence-electron chi connectivity index (χ1n) is 4.49. The van der Waals surface area contributed by atoms with Crippen LogP contribution in [0.5, 0.6) is 0 Å². The highest BCUT2D eigenvalue weighted by molar-refractivity contribution is 5.39. The molecule has 1 N–H and O–H groups in total. The lowest BCUT2D eigenvalue weighted by atomic mass is 10.3. The fourth-order valence-electron chi connectivity index (χ4n) is 1.47. The zero-order chi connectivity index (χ0) is 9.26. The van der Waals surface area contributed by atoms with Crippen molar-refractivity contribution in [3.63, 3.8) is 0 Å². The molecule has 2 heterocycles. The number of fused-ring (bicyclic) bond motifs is 1. The third-order valence-corrected chi connectivity index (χ3v) is 2.06. The van der Waals surface area contributed by atoms with Crippen LogP contribution in [0.4, 0.5) is 0 Å². The van der Waals surface area contributed by atoms with E-state index in [1.165, 1.54) is 5.69 Å². The molecule has 0 saturated carbocycles. The molecule has 13 heavy (non-hydrogen) atoms. The molecule has 68 valence electrons. The fraction of sp³-hybridized carbons (Fsp3) is 0.300. The summed E-state index contributed by atoms with van der Waals surface area (Å²) in [5.74, 6) is 0. The van der Waals surface area contributed by atoms with Crippen molar-refractivity contribution in [2.24, 2.45) is 0 Å². The molecule has 0 aromatic carbocycles. The Morgan fingerprint density at radius 2 is 2.38 bits per heavy atom. The topological polar surface area (TPSA) is 37.3 Å². The molecular formula is C10H12N2O. The number of hydrogen-bond acceptors (Lipinski definition) is 1. The fourth-order valence-corrected chi connectivity index (χ4v) is 1.47. The van der Waals surface area contributed by atoms with E-state index in [9.17, 15) is 4.79 Å². The Balaban J connectivity index is 2.55. The zero-order valence-electron chi connectivity index (χ0n) is 7.58. The first kappa shape index (κ1) is 8.10. The Bertz CT molecular complexity index is 467. The zero-order valence-corrected chi connectivity index (χ0v) is 7.58. The first-order chi connectivity index (χ1) is 6.29. The van der Waals surface area contributed by atoms with Gasteiger partial charge in [-0.05, 0) is 6.42 Å². The molecule has 0 fully saturated rings. The smallest absolute Gasteiger partial charge is 0.183 e. The van der Waals surface area contributed by atoms with E-state index in [0.29, 0.717) is 0 Å². The van der Waals surface area contributed by atoms with Crippen molar-refractivity contribution in [3.05, 3.63) is 40.4 Å². The quantitative estimate of drug-likeness (QED) is 0.741. The summed E-state index contributed by atoms with van der Waals surface area (Å²) in [7, 11) is 0. The Hall–Kier alpha value is -1.51. The number of hydrogen-bond donors (Lipinski definition) is 1. The van der Waals surface area contributed by atoms with Crippen LogP contribution in [0.15, 0.2) is 29.3 Å². The van der Waals surface area contributed by atoms with Gasteiger partial charge in [-0.15, -0.1) is 0 Å². The van der Waals surface area contributed by atoms with Gasteiger partial charge in [0.15, 0.2) is 5.43 Å². The monoisotopic (exact) mass is 176 g/mol. The normalized spacial score (nSPS) is 10.8. The van der Waals surface area contributed by atoms with Crippen molar-refractivity contribution in [1.29, 1.82) is 0 Å². The van der Waals surface area contributed by atoms with Crippen LogP contribution in [0.2, 0.25) is 0 Å². The lowest BCUT2D eigenvalue weighted by molar-refractivity contribution is 0.894. The van der Waals surface area contributed by atoms with E-state index in [1.807, 2.05) is 10.6 Å². The van der Waals surface area contributed by atoms with Crippen LogP contribution in [-0.4, -0.2) is 9.38 Å². The predicted molar refractivity (Wildman–Crippen MR) is 52.0 cm³/mol. The van der Waals surface area contributed by atoms with Crippen molar-refractivity contribution in [2.45, 2.75) is 19.8 Å². The van der Waals surface area contributed by atoms with Gasteiger partial charge in [0.1, 0.15) is 5.65 Å². The number of H-pyrrole nitrogens is 1. The molecule has 2 rings (SSSR count). The van der Waals surface area contributed by atoms with E-state index in [2.05, 4.69) is 11.9 Å². The Morgan fingerprint density at radius 3 is 3.15 bits per heavy atom. The molecule has 0 saturated heterocycles. The predicted octanol–water partition coefficient (Wildman–Crippen LogP) is 1.58. The molecule has 2 aromatic heterocycles. The Morgan fingerprint density at radius 1 is 1.54 bits per heavy atom. The lowest BCUT2D eigenvalue weighted by Crippen LogP contribution is -1.97. The number of rotatable bonds is 2. The van der Waals surface area contributed by atoms with Crippen LogP contribution in [-0.2, 0) is 6.42 Å². The Labute approximate surface area is 76.0 Å². The van der Waals surface area contributed by atoms with Crippen molar-refractivity contribution in [2.75, 3.05) is 0 Å². The van der Waals surface area contributed by atoms with Gasteiger partial charge in [-0.1, -0.05) is 13.3 Å². The standard InChI is InChI=1S/C10H12N2O/c1-2-3-8-7-12-5-4-9(13)6-10(12)11-8/h4-7,11H,2-3H2,1H3. The van der Waals surface area contributed by atoms with Gasteiger partial charge in [0.25, 0.3) is 0 Å². The number of imidazole rings is 1. The van der Waals surface area contributed by atoms with Gasteiger partial charge in [0.2, 0.25) is 0 Å². The highest BCUT2D eigenvalue weighted by Crippen LogP contribution is 2.04. The van der Waals surface area contributed by atoms with E-state index < -0.39 is 0 Å². The van der Waals surface area contributed by atoms with E-state index in [0.717, 1.165) is 18.5 Å². The maximum Gasteiger partial charge on any atom is 0.183 e. The maximum atomic E-state index is 11.0. The van der Waals surface area contributed by atoms with E-state index in [4.69, 9.17) is 0 Å². The maximum absolute atomic E-state index is 11.0. The molecular weight excluding hydrogens is 164 g/mol. The second-order valence-corrected chi connectivity index (χ2v) is 3.18. The minimum atomic E-state index is 0.0462. The molecule has 0 radical (unpaired) electrons. The molecule has 2 aromatic rings. The number of aryl methyl sites for hydroxylation is 1. The second kappa shape index (κ2) is 3.09. The number of nitrogens with zero attached hydrogens (tertiary/aromatic N) is 1. The van der Waals surface area contributed by atoms with Crippen LogP contribution >= 0.6 is 0 Å². The van der Waals surface area contributed by atoms with Gasteiger partial charge in [0, 0.05) is 30.2 Å². The summed E-state index contributed by atoms with van der Waals surface area (Å²) in [4.78, 5) is 14.2. The summed E-state index contributed by atoms with van der Waals surface area (Å²) in [6.07, 6.45) is 5.94. The van der Waals surface area contributed by atoms with Crippen molar-refractivity contribution in [3.8, 4) is 0 Å². The first-order valence-corrected chi connectivity index (χ1v) is 4.49. The highest BCUT2D eigenvalue weighted by atomic mass is 16.1. The van der Waals surface area contributed by atoms with Gasteiger partial charge in [-0.2, -0.15) is 0 Å². The van der Waals surface area contributed by atoms with Gasteiger partial charge < -0.3 is 9.38 Å². The van der Waals surface area contributed by atoms with Crippen LogP contribution in [0, 0.1) is 0 Å². The summed E-state index contributed by atoms with van der Waals surface area (Å²) < 4.78 is 1.94. The number of aromatic amines is 1. The summed E-state index contributed by atoms with van der Waals surface area (Å²) in [6, 6.07) is 3.18. The minimum absolute atomic E-state index is 0.0462. The van der Waals surface area contributed by atoms with Crippen molar-refractivity contribution < 1.29 is 0 Å². The average molecular weight is 176 g/mol. The summed E-state index contributed by atoms with van der Waals surface area (Å²) in [5.41, 5.74) is 2.09. The number of nitrogens with one attached hydrogen (secondary N) is 1. The molecule has 0 aliphatic carbocycles. The van der Waals surface area contributed by atoms with Gasteiger partial charge in [-0.3, -0.25) is 4.79 Å². The molecule has 3 heteroatoms. The van der Waals surface area contributed by atoms with Crippen LogP contribution in [0.1, 0.15) is 19.0 Å². The third-order valence-electron chi connectivity index (χ3n) is 2.06. The average Bonchev–Trinajstić information content (AvgIpc) is 2.46. The highest BCUT2D eigenvalue weighted by Gasteiger charge is 1.97. The van der Waals surface area contributed by atoms with E-state index >= 15 is 0 Å². The van der Waals surface area contributed by atoms with Gasteiger partial charge >= 0.3 is 0 Å². The minimum Gasteiger partial charge on any atom is -0.343 e. The molecule has 0 aliphatic heterocycles. The van der Waals surface area contributed by atoms with Crippen molar-refractivity contribution in [1.82, 2.24) is 9.38 Å². The van der Waals surface area contributed by atoms with Crippen LogP contribution in [0.25, 0.3) is 5.65 Å². The van der Waals surface area contributed by atoms with E-state index in [-0.39, 0.29) is 5.43 Å². The summed E-state index contributed by atoms with van der Waals surface area (Å²) in [5, 5.41) is 0. The summed E-state index contributed by atoms with van der Waals surface area (Å²) >= 11 is 0. The van der Waals surface area contributed by atoms with Gasteiger partial charge in [0.05, 0.1) is 0 Å². The Kier molecular flexibility index (Phi) is 1.93. The molecule has 0 aliphatic rings. The number of pyridine rings is 1. The molecule has 3 nitrogen and oxygen atoms in total. The molecule has 0 atom stereocenters. The van der Waals surface area contributed by atoms with Crippen LogP contribution < -0.4 is 5.43 Å². The van der Waals surface area contributed by atoms with Crippen molar-refractivity contribution >= 4 is 5.65 Å².